The minimum atomic E-state index is -0.213. The van der Waals surface area contributed by atoms with Crippen molar-refractivity contribution >= 4 is 30.1 Å². The fraction of sp³-hybridized carbons (Fsp3) is 0.500. The van der Waals surface area contributed by atoms with Gasteiger partial charge >= 0.3 is 0 Å². The predicted octanol–water partition coefficient (Wildman–Crippen LogP) is 2.55. The van der Waals surface area contributed by atoms with E-state index in [2.05, 4.69) is 5.32 Å². The molecule has 0 aliphatic carbocycles. The van der Waals surface area contributed by atoms with E-state index in [1.165, 1.54) is 17.8 Å². The summed E-state index contributed by atoms with van der Waals surface area (Å²) in [7, 11) is 0. The second-order valence-corrected chi connectivity index (χ2v) is 5.81. The van der Waals surface area contributed by atoms with E-state index in [0.29, 0.717) is 17.1 Å². The Labute approximate surface area is 129 Å². The normalized spacial score (nSPS) is 18.5. The van der Waals surface area contributed by atoms with Gasteiger partial charge < -0.3 is 10.2 Å². The molecule has 1 fully saturated rings. The molecule has 0 spiro atoms. The van der Waals surface area contributed by atoms with E-state index in [9.17, 15) is 9.18 Å². The van der Waals surface area contributed by atoms with Crippen molar-refractivity contribution in [2.45, 2.75) is 24.3 Å². The Morgan fingerprint density at radius 3 is 2.95 bits per heavy atom. The van der Waals surface area contributed by atoms with Gasteiger partial charge in [0.1, 0.15) is 5.82 Å². The zero-order chi connectivity index (χ0) is 13.7. The largest absolute Gasteiger partial charge is 0.337 e. The Bertz CT molecular complexity index is 447. The molecule has 1 N–H and O–H groups in total. The molecule has 1 aromatic carbocycles. The first-order valence-electron chi connectivity index (χ1n) is 6.56. The van der Waals surface area contributed by atoms with E-state index < -0.39 is 0 Å². The Balaban J connectivity index is 0.00000200. The van der Waals surface area contributed by atoms with Crippen molar-refractivity contribution < 1.29 is 9.18 Å². The highest BCUT2D eigenvalue weighted by Gasteiger charge is 2.22. The van der Waals surface area contributed by atoms with Crippen LogP contribution in [0.5, 0.6) is 0 Å². The number of hydrogen-bond donors (Lipinski definition) is 1. The third-order valence-electron chi connectivity index (χ3n) is 3.23. The average Bonchev–Trinajstić information content (AvgIpc) is 2.41. The highest BCUT2D eigenvalue weighted by molar-refractivity contribution is 7.99. The first-order valence-corrected chi connectivity index (χ1v) is 7.54. The third kappa shape index (κ3) is 4.65. The monoisotopic (exact) mass is 318 g/mol. The maximum absolute atomic E-state index is 13.4. The molecule has 1 amide bonds. The van der Waals surface area contributed by atoms with Crippen LogP contribution in [0.25, 0.3) is 0 Å². The van der Waals surface area contributed by atoms with Crippen LogP contribution < -0.4 is 5.32 Å². The van der Waals surface area contributed by atoms with Crippen LogP contribution in [0, 0.1) is 5.82 Å². The summed E-state index contributed by atoms with van der Waals surface area (Å²) in [5.41, 5.74) is 0. The van der Waals surface area contributed by atoms with Gasteiger partial charge in [-0.1, -0.05) is 12.1 Å². The Hall–Kier alpha value is -0.780. The highest BCUT2D eigenvalue weighted by Crippen LogP contribution is 2.22. The van der Waals surface area contributed by atoms with E-state index in [1.807, 2.05) is 17.9 Å². The quantitative estimate of drug-likeness (QED) is 0.866. The fourth-order valence-corrected chi connectivity index (χ4v) is 3.04. The Morgan fingerprint density at radius 1 is 1.50 bits per heavy atom. The van der Waals surface area contributed by atoms with Crippen molar-refractivity contribution in [3.63, 3.8) is 0 Å². The van der Waals surface area contributed by atoms with Gasteiger partial charge in [0.05, 0.1) is 0 Å². The first kappa shape index (κ1) is 17.3. The second-order valence-electron chi connectivity index (χ2n) is 4.67. The summed E-state index contributed by atoms with van der Waals surface area (Å²) >= 11 is 1.40. The number of carbonyl (C=O) groups is 1. The van der Waals surface area contributed by atoms with Crippen LogP contribution in [0.15, 0.2) is 29.2 Å². The van der Waals surface area contributed by atoms with E-state index in [1.54, 1.807) is 12.1 Å². The molecule has 0 saturated carbocycles. The molecular weight excluding hydrogens is 299 g/mol. The molecule has 1 aliphatic heterocycles. The van der Waals surface area contributed by atoms with Gasteiger partial charge in [0, 0.05) is 42.7 Å². The standard InChI is InChI=1S/C14H19FN2OS.ClH/c1-11-10-16-7-8-17(11)14(18)6-9-19-13-5-3-2-4-12(13)15;/h2-5,11,16H,6-10H2,1H3;1H. The van der Waals surface area contributed by atoms with Crippen LogP contribution in [0.2, 0.25) is 0 Å². The molecule has 3 nitrogen and oxygen atoms in total. The van der Waals surface area contributed by atoms with E-state index in [4.69, 9.17) is 0 Å². The number of halogens is 2. The van der Waals surface area contributed by atoms with Crippen LogP contribution in [0.4, 0.5) is 4.39 Å². The van der Waals surface area contributed by atoms with Crippen molar-refractivity contribution in [1.29, 1.82) is 0 Å². The molecule has 0 radical (unpaired) electrons. The molecule has 1 unspecified atom stereocenters. The lowest BCUT2D eigenvalue weighted by Crippen LogP contribution is -2.52. The van der Waals surface area contributed by atoms with Crippen LogP contribution in [0.1, 0.15) is 13.3 Å². The summed E-state index contributed by atoms with van der Waals surface area (Å²) in [4.78, 5) is 14.6. The van der Waals surface area contributed by atoms with E-state index >= 15 is 0 Å². The molecule has 1 heterocycles. The van der Waals surface area contributed by atoms with Gasteiger partial charge in [0.25, 0.3) is 0 Å². The first-order chi connectivity index (χ1) is 9.18. The van der Waals surface area contributed by atoms with Crippen LogP contribution in [-0.4, -0.2) is 42.2 Å². The van der Waals surface area contributed by atoms with Gasteiger partial charge in [-0.3, -0.25) is 4.79 Å². The Kier molecular flexibility index (Phi) is 7.34. The topological polar surface area (TPSA) is 32.3 Å². The summed E-state index contributed by atoms with van der Waals surface area (Å²) in [5, 5.41) is 3.26. The second kappa shape index (κ2) is 8.49. The van der Waals surface area contributed by atoms with Crippen molar-refractivity contribution in [3.8, 4) is 0 Å². The smallest absolute Gasteiger partial charge is 0.223 e. The van der Waals surface area contributed by atoms with Gasteiger partial charge in [-0.15, -0.1) is 24.2 Å². The lowest BCUT2D eigenvalue weighted by Gasteiger charge is -2.34. The van der Waals surface area contributed by atoms with Crippen molar-refractivity contribution in [2.24, 2.45) is 0 Å². The number of rotatable bonds is 4. The number of nitrogens with one attached hydrogen (secondary N) is 1. The molecule has 20 heavy (non-hydrogen) atoms. The number of benzene rings is 1. The SMILES string of the molecule is CC1CNCCN1C(=O)CCSc1ccccc1F.Cl. The molecule has 2 rings (SSSR count). The van der Waals surface area contributed by atoms with Crippen LogP contribution >= 0.6 is 24.2 Å². The Morgan fingerprint density at radius 2 is 2.25 bits per heavy atom. The molecule has 1 saturated heterocycles. The molecule has 1 aliphatic rings. The summed E-state index contributed by atoms with van der Waals surface area (Å²) in [6.07, 6.45) is 0.462. The minimum Gasteiger partial charge on any atom is -0.337 e. The van der Waals surface area contributed by atoms with Crippen molar-refractivity contribution in [2.75, 3.05) is 25.4 Å². The summed E-state index contributed by atoms with van der Waals surface area (Å²) < 4.78 is 13.4. The van der Waals surface area contributed by atoms with Gasteiger partial charge in [0.15, 0.2) is 0 Å². The van der Waals surface area contributed by atoms with Gasteiger partial charge in [-0.2, -0.15) is 0 Å². The molecule has 112 valence electrons. The number of amides is 1. The third-order valence-corrected chi connectivity index (χ3v) is 4.28. The molecular formula is C14H20ClFN2OS. The van der Waals surface area contributed by atoms with Gasteiger partial charge in [-0.05, 0) is 19.1 Å². The summed E-state index contributed by atoms with van der Waals surface area (Å²) in [6, 6.07) is 6.93. The van der Waals surface area contributed by atoms with Crippen molar-refractivity contribution in [1.82, 2.24) is 10.2 Å². The fourth-order valence-electron chi connectivity index (χ4n) is 2.17. The molecule has 0 aromatic heterocycles. The number of nitrogens with zero attached hydrogens (tertiary/aromatic N) is 1. The van der Waals surface area contributed by atoms with E-state index in [-0.39, 0.29) is 30.2 Å². The van der Waals surface area contributed by atoms with E-state index in [0.717, 1.165) is 19.6 Å². The van der Waals surface area contributed by atoms with Gasteiger partial charge in [-0.25, -0.2) is 4.39 Å². The average molecular weight is 319 g/mol. The van der Waals surface area contributed by atoms with Crippen LogP contribution in [-0.2, 0) is 4.79 Å². The highest BCUT2D eigenvalue weighted by atomic mass is 35.5. The number of carbonyl (C=O) groups excluding carboxylic acids is 1. The van der Waals surface area contributed by atoms with Crippen LogP contribution in [0.3, 0.4) is 0 Å². The zero-order valence-corrected chi connectivity index (χ0v) is 13.1. The molecule has 1 aromatic rings. The molecule has 0 bridgehead atoms. The number of hydrogen-bond acceptors (Lipinski definition) is 3. The molecule has 6 heteroatoms. The number of piperazine rings is 1. The lowest BCUT2D eigenvalue weighted by atomic mass is 10.2. The minimum absolute atomic E-state index is 0. The van der Waals surface area contributed by atoms with Gasteiger partial charge in [0.2, 0.25) is 5.91 Å². The zero-order valence-electron chi connectivity index (χ0n) is 11.5. The number of thioether (sulfide) groups is 1. The summed E-state index contributed by atoms with van der Waals surface area (Å²) in [6.45, 7) is 4.53. The maximum Gasteiger partial charge on any atom is 0.223 e. The van der Waals surface area contributed by atoms with Crippen molar-refractivity contribution in [3.05, 3.63) is 30.1 Å². The lowest BCUT2D eigenvalue weighted by molar-refractivity contribution is -0.133. The summed E-state index contributed by atoms with van der Waals surface area (Å²) in [5.74, 6) is 0.574. The predicted molar refractivity (Wildman–Crippen MR) is 83.0 cm³/mol. The molecule has 1 atom stereocenters. The maximum atomic E-state index is 13.4.